The van der Waals surface area contributed by atoms with Crippen molar-refractivity contribution in [2.24, 2.45) is 5.41 Å². The molecule has 13 heteroatoms. The number of hydrogen-bond acceptors (Lipinski definition) is 5. The van der Waals surface area contributed by atoms with Crippen molar-refractivity contribution in [1.29, 1.82) is 0 Å². The monoisotopic (exact) mass is 585 g/mol. The number of halogens is 5. The number of hydrogen-bond donors (Lipinski definition) is 2. The summed E-state index contributed by atoms with van der Waals surface area (Å²) in [5.41, 5.74) is -0.906. The number of anilines is 1. The molecule has 2 aromatic carbocycles. The van der Waals surface area contributed by atoms with Crippen molar-refractivity contribution < 1.29 is 41.8 Å². The number of aliphatic carboxylic acids is 1. The van der Waals surface area contributed by atoms with Crippen LogP contribution in [0.15, 0.2) is 36.4 Å². The standard InChI is InChI=1S/C27H28ClF4N3O5/c1-26(2,3)22(33-15-7-8-20(29)18(9-15)27(30,31)32)23(36)35-12-16(10-21(35)24(37)38)40-25(39)34-11-14-5-4-6-19(28)17(14)13-34/h4-9,16,21-22,33H,10-13H2,1-3H3,(H,37,38)/t16-,21+,22-/m1/s1. The second kappa shape index (κ2) is 10.8. The van der Waals surface area contributed by atoms with Crippen molar-refractivity contribution >= 4 is 35.3 Å². The summed E-state index contributed by atoms with van der Waals surface area (Å²) in [6.07, 6.45) is -6.74. The summed E-state index contributed by atoms with van der Waals surface area (Å²) in [5.74, 6) is -3.49. The van der Waals surface area contributed by atoms with Crippen LogP contribution in [-0.4, -0.2) is 57.6 Å². The number of carbonyl (C=O) groups excluding carboxylic acids is 2. The first-order valence-corrected chi connectivity index (χ1v) is 12.8. The van der Waals surface area contributed by atoms with Crippen LogP contribution in [0, 0.1) is 11.2 Å². The second-order valence-electron chi connectivity index (χ2n) is 11.0. The number of ether oxygens (including phenoxy) is 1. The van der Waals surface area contributed by atoms with Crippen LogP contribution in [-0.2, 0) is 33.6 Å². The van der Waals surface area contributed by atoms with E-state index in [4.69, 9.17) is 16.3 Å². The zero-order valence-corrected chi connectivity index (χ0v) is 22.6. The van der Waals surface area contributed by atoms with E-state index in [9.17, 15) is 37.1 Å². The predicted octanol–water partition coefficient (Wildman–Crippen LogP) is 5.53. The van der Waals surface area contributed by atoms with E-state index in [0.717, 1.165) is 22.1 Å². The Bertz CT molecular complexity index is 1330. The highest BCUT2D eigenvalue weighted by Crippen LogP contribution is 2.35. The van der Waals surface area contributed by atoms with Crippen molar-refractivity contribution in [3.05, 3.63) is 63.9 Å². The van der Waals surface area contributed by atoms with Gasteiger partial charge in [-0.2, -0.15) is 13.2 Å². The molecule has 2 amide bonds. The molecule has 3 atom stereocenters. The summed E-state index contributed by atoms with van der Waals surface area (Å²) in [6.45, 7) is 5.20. The van der Waals surface area contributed by atoms with E-state index in [-0.39, 0.29) is 31.7 Å². The fourth-order valence-corrected chi connectivity index (χ4v) is 5.15. The molecule has 2 aliphatic heterocycles. The Kier molecular flexibility index (Phi) is 7.94. The summed E-state index contributed by atoms with van der Waals surface area (Å²) in [7, 11) is 0. The number of carbonyl (C=O) groups is 3. The average Bonchev–Trinajstić information content (AvgIpc) is 3.47. The smallest absolute Gasteiger partial charge is 0.419 e. The third kappa shape index (κ3) is 6.11. The average molecular weight is 586 g/mol. The van der Waals surface area contributed by atoms with Gasteiger partial charge in [0.05, 0.1) is 18.7 Å². The van der Waals surface area contributed by atoms with Crippen molar-refractivity contribution in [1.82, 2.24) is 9.80 Å². The molecule has 4 rings (SSSR count). The molecule has 2 heterocycles. The molecule has 0 aliphatic carbocycles. The van der Waals surface area contributed by atoms with Crippen LogP contribution in [0.3, 0.4) is 0 Å². The summed E-state index contributed by atoms with van der Waals surface area (Å²) in [5, 5.41) is 13.1. The minimum absolute atomic E-state index is 0.164. The van der Waals surface area contributed by atoms with E-state index >= 15 is 0 Å². The number of alkyl halides is 3. The van der Waals surface area contributed by atoms with E-state index < -0.39 is 59.1 Å². The number of nitrogens with one attached hydrogen (secondary N) is 1. The fraction of sp³-hybridized carbons (Fsp3) is 0.444. The summed E-state index contributed by atoms with van der Waals surface area (Å²) < 4.78 is 59.1. The fourth-order valence-electron chi connectivity index (χ4n) is 4.90. The van der Waals surface area contributed by atoms with Crippen molar-refractivity contribution in [2.75, 3.05) is 11.9 Å². The molecule has 2 aliphatic rings. The zero-order valence-electron chi connectivity index (χ0n) is 21.9. The Hall–Kier alpha value is -3.54. The normalized spacial score (nSPS) is 19.8. The zero-order chi connectivity index (χ0) is 29.6. The van der Waals surface area contributed by atoms with Gasteiger partial charge in [-0.05, 0) is 40.8 Å². The quantitative estimate of drug-likeness (QED) is 0.448. The maximum atomic E-state index is 13.8. The number of likely N-dealkylation sites (tertiary alicyclic amines) is 1. The molecule has 8 nitrogen and oxygen atoms in total. The van der Waals surface area contributed by atoms with Crippen LogP contribution in [0.5, 0.6) is 0 Å². The van der Waals surface area contributed by atoms with E-state index in [2.05, 4.69) is 5.32 Å². The van der Waals surface area contributed by atoms with Crippen molar-refractivity contribution in [3.63, 3.8) is 0 Å². The number of fused-ring (bicyclic) bond motifs is 1. The van der Waals surface area contributed by atoms with Gasteiger partial charge in [-0.15, -0.1) is 0 Å². The van der Waals surface area contributed by atoms with E-state index in [1.165, 1.54) is 4.90 Å². The van der Waals surface area contributed by atoms with Crippen LogP contribution in [0.25, 0.3) is 0 Å². The lowest BCUT2D eigenvalue weighted by Gasteiger charge is -2.35. The molecule has 0 unspecified atom stereocenters. The lowest BCUT2D eigenvalue weighted by molar-refractivity contribution is -0.149. The van der Waals surface area contributed by atoms with E-state index in [1.807, 2.05) is 6.07 Å². The maximum absolute atomic E-state index is 13.8. The summed E-state index contributed by atoms with van der Waals surface area (Å²) in [6, 6.07) is 5.07. The van der Waals surface area contributed by atoms with Gasteiger partial charge >= 0.3 is 18.2 Å². The van der Waals surface area contributed by atoms with E-state index in [1.54, 1.807) is 32.9 Å². The van der Waals surface area contributed by atoms with E-state index in [0.29, 0.717) is 17.2 Å². The van der Waals surface area contributed by atoms with Crippen molar-refractivity contribution in [2.45, 2.75) is 64.6 Å². The lowest BCUT2D eigenvalue weighted by atomic mass is 9.85. The first-order valence-electron chi connectivity index (χ1n) is 12.4. The van der Waals surface area contributed by atoms with Gasteiger partial charge in [0, 0.05) is 23.7 Å². The molecule has 0 saturated carbocycles. The van der Waals surface area contributed by atoms with Gasteiger partial charge < -0.3 is 20.1 Å². The summed E-state index contributed by atoms with van der Waals surface area (Å²) in [4.78, 5) is 41.1. The highest BCUT2D eigenvalue weighted by atomic mass is 35.5. The highest BCUT2D eigenvalue weighted by Gasteiger charge is 2.46. The largest absolute Gasteiger partial charge is 0.480 e. The molecule has 2 aromatic rings. The van der Waals surface area contributed by atoms with Crippen LogP contribution < -0.4 is 5.32 Å². The molecular formula is C27H28ClF4N3O5. The maximum Gasteiger partial charge on any atom is 0.419 e. The number of nitrogens with zero attached hydrogens (tertiary/aromatic N) is 2. The topological polar surface area (TPSA) is 99.2 Å². The van der Waals surface area contributed by atoms with Gasteiger partial charge in [0.1, 0.15) is 24.0 Å². The molecule has 216 valence electrons. The number of rotatable bonds is 5. The van der Waals surface area contributed by atoms with Crippen LogP contribution >= 0.6 is 11.6 Å². The molecular weight excluding hydrogens is 558 g/mol. The summed E-state index contributed by atoms with van der Waals surface area (Å²) >= 11 is 6.21. The molecule has 0 radical (unpaired) electrons. The third-order valence-corrected chi connectivity index (χ3v) is 7.33. The first-order chi connectivity index (χ1) is 18.6. The lowest BCUT2D eigenvalue weighted by Crippen LogP contribution is -2.52. The molecule has 40 heavy (non-hydrogen) atoms. The van der Waals surface area contributed by atoms with Gasteiger partial charge in [0.2, 0.25) is 5.91 Å². The number of carboxylic acid groups (broad SMARTS) is 1. The van der Waals surface area contributed by atoms with Crippen LogP contribution in [0.2, 0.25) is 5.02 Å². The number of amides is 2. The van der Waals surface area contributed by atoms with Crippen LogP contribution in [0.4, 0.5) is 28.0 Å². The Labute approximate surface area is 232 Å². The second-order valence-corrected chi connectivity index (χ2v) is 11.4. The third-order valence-electron chi connectivity index (χ3n) is 6.98. The van der Waals surface area contributed by atoms with Gasteiger partial charge in [-0.1, -0.05) is 44.5 Å². The Morgan fingerprint density at radius 2 is 1.82 bits per heavy atom. The molecule has 1 saturated heterocycles. The van der Waals surface area contributed by atoms with Crippen molar-refractivity contribution in [3.8, 4) is 0 Å². The van der Waals surface area contributed by atoms with Gasteiger partial charge in [0.25, 0.3) is 0 Å². The molecule has 0 bridgehead atoms. The molecule has 1 fully saturated rings. The SMILES string of the molecule is CC(C)(C)[C@H](Nc1ccc(F)c(C(F)(F)F)c1)C(=O)N1C[C@H](OC(=O)N2Cc3cccc(Cl)c3C2)C[C@H]1C(=O)O. The number of carboxylic acids is 1. The molecule has 0 spiro atoms. The Morgan fingerprint density at radius 1 is 1.12 bits per heavy atom. The molecule has 0 aromatic heterocycles. The minimum atomic E-state index is -4.95. The van der Waals surface area contributed by atoms with Crippen LogP contribution in [0.1, 0.15) is 43.9 Å². The predicted molar refractivity (Wildman–Crippen MR) is 137 cm³/mol. The Balaban J connectivity index is 1.50. The first kappa shape index (κ1) is 29.4. The molecule has 2 N–H and O–H groups in total. The highest BCUT2D eigenvalue weighted by molar-refractivity contribution is 6.31. The van der Waals surface area contributed by atoms with Gasteiger partial charge in [0.15, 0.2) is 0 Å². The van der Waals surface area contributed by atoms with Gasteiger partial charge in [-0.25, -0.2) is 14.0 Å². The van der Waals surface area contributed by atoms with Gasteiger partial charge in [-0.3, -0.25) is 9.69 Å². The minimum Gasteiger partial charge on any atom is -0.480 e. The Morgan fingerprint density at radius 3 is 2.42 bits per heavy atom. The number of benzene rings is 2.